The standard InChI is InChI=1S/C35H70NO5.ClH/c1-4-6-8-10-12-14-16-18-20-22-24-26-34(38)40-32-29-36(3,28-31-37)30-33-41-35(39)27-25-23-21-19-17-15-13-11-9-7-5-2;/h37H,4-33H2,1-3H3;1H/q+1;/p-1. The van der Waals surface area contributed by atoms with Crippen molar-refractivity contribution in [3.8, 4) is 0 Å². The van der Waals surface area contributed by atoms with Gasteiger partial charge in [-0.2, -0.15) is 0 Å². The number of quaternary nitrogens is 1. The van der Waals surface area contributed by atoms with Crippen molar-refractivity contribution in [2.24, 2.45) is 0 Å². The second-order valence-electron chi connectivity index (χ2n) is 12.5. The number of carbonyl (C=O) groups excluding carboxylic acids is 2. The second kappa shape index (κ2) is 33.1. The highest BCUT2D eigenvalue weighted by molar-refractivity contribution is 5.69. The summed E-state index contributed by atoms with van der Waals surface area (Å²) in [6.07, 6.45) is 28.8. The number of aliphatic hydroxyl groups excluding tert-OH is 1. The number of hydrogen-bond donors (Lipinski definition) is 1. The zero-order valence-electron chi connectivity index (χ0n) is 28.1. The molecule has 0 aliphatic carbocycles. The maximum atomic E-state index is 12.1. The summed E-state index contributed by atoms with van der Waals surface area (Å²) in [6.45, 7) is 7.00. The Morgan fingerprint density at radius 3 is 1.07 bits per heavy atom. The number of rotatable bonds is 32. The number of esters is 2. The molecule has 0 aliphatic rings. The number of ether oxygens (including phenoxy) is 2. The van der Waals surface area contributed by atoms with E-state index in [2.05, 4.69) is 13.8 Å². The number of nitrogens with zero attached hydrogens (tertiary/aromatic N) is 1. The fraction of sp³-hybridized carbons (Fsp3) is 0.943. The molecule has 0 bridgehead atoms. The summed E-state index contributed by atoms with van der Waals surface area (Å²) in [4.78, 5) is 24.3. The van der Waals surface area contributed by atoms with E-state index in [4.69, 9.17) is 9.47 Å². The molecule has 0 saturated carbocycles. The Labute approximate surface area is 267 Å². The molecule has 7 heteroatoms. The molecule has 0 amide bonds. The first-order valence-corrected chi connectivity index (χ1v) is 17.7. The van der Waals surface area contributed by atoms with Crippen LogP contribution in [0.3, 0.4) is 0 Å². The van der Waals surface area contributed by atoms with Crippen LogP contribution in [0.25, 0.3) is 0 Å². The summed E-state index contributed by atoms with van der Waals surface area (Å²) in [5, 5.41) is 9.53. The lowest BCUT2D eigenvalue weighted by molar-refractivity contribution is -0.910. The van der Waals surface area contributed by atoms with E-state index in [0.29, 0.717) is 50.2 Å². The largest absolute Gasteiger partial charge is 1.00 e. The van der Waals surface area contributed by atoms with Gasteiger partial charge in [-0.05, 0) is 12.8 Å². The van der Waals surface area contributed by atoms with Crippen LogP contribution in [0.4, 0.5) is 0 Å². The van der Waals surface area contributed by atoms with Crippen molar-refractivity contribution < 1.29 is 41.1 Å². The lowest BCUT2D eigenvalue weighted by Gasteiger charge is -2.33. The molecule has 0 aliphatic heterocycles. The number of unbranched alkanes of at least 4 members (excludes halogenated alkanes) is 20. The minimum Gasteiger partial charge on any atom is -1.00 e. The Morgan fingerprint density at radius 2 is 0.786 bits per heavy atom. The van der Waals surface area contributed by atoms with Gasteiger partial charge < -0.3 is 31.5 Å². The van der Waals surface area contributed by atoms with E-state index in [1.165, 1.54) is 116 Å². The van der Waals surface area contributed by atoms with Gasteiger partial charge in [-0.15, -0.1) is 0 Å². The third-order valence-electron chi connectivity index (χ3n) is 8.40. The molecule has 0 rings (SSSR count). The first-order valence-electron chi connectivity index (χ1n) is 17.7. The van der Waals surface area contributed by atoms with Gasteiger partial charge in [0, 0.05) is 12.8 Å². The number of aliphatic hydroxyl groups is 1. The zero-order valence-corrected chi connectivity index (χ0v) is 28.9. The summed E-state index contributed by atoms with van der Waals surface area (Å²) in [7, 11) is 2.02. The summed E-state index contributed by atoms with van der Waals surface area (Å²) in [5.74, 6) is -0.259. The van der Waals surface area contributed by atoms with E-state index in [1.807, 2.05) is 7.05 Å². The van der Waals surface area contributed by atoms with Crippen molar-refractivity contribution in [2.45, 2.75) is 168 Å². The third kappa shape index (κ3) is 30.6. The highest BCUT2D eigenvalue weighted by atomic mass is 35.5. The van der Waals surface area contributed by atoms with E-state index < -0.39 is 0 Å². The average Bonchev–Trinajstić information content (AvgIpc) is 2.94. The smallest absolute Gasteiger partial charge is 0.305 e. The van der Waals surface area contributed by atoms with Crippen LogP contribution in [-0.4, -0.2) is 68.0 Å². The normalized spacial score (nSPS) is 11.3. The molecule has 6 nitrogen and oxygen atoms in total. The highest BCUT2D eigenvalue weighted by Gasteiger charge is 2.22. The van der Waals surface area contributed by atoms with Crippen LogP contribution in [0.1, 0.15) is 168 Å². The Kier molecular flexibility index (Phi) is 34.1. The summed E-state index contributed by atoms with van der Waals surface area (Å²) < 4.78 is 11.5. The molecule has 0 fully saturated rings. The van der Waals surface area contributed by atoms with Crippen molar-refractivity contribution in [3.05, 3.63) is 0 Å². The molecule has 0 atom stereocenters. The molecular weight excluding hydrogens is 550 g/mol. The van der Waals surface area contributed by atoms with Gasteiger partial charge in [0.2, 0.25) is 0 Å². The van der Waals surface area contributed by atoms with E-state index in [1.54, 1.807) is 0 Å². The monoisotopic (exact) mass is 619 g/mol. The minimum absolute atomic E-state index is 0. The topological polar surface area (TPSA) is 72.8 Å². The Balaban J connectivity index is 0. The third-order valence-corrected chi connectivity index (χ3v) is 8.40. The average molecular weight is 620 g/mol. The van der Waals surface area contributed by atoms with Crippen LogP contribution in [0.15, 0.2) is 0 Å². The van der Waals surface area contributed by atoms with Gasteiger partial charge in [0.05, 0.1) is 13.7 Å². The van der Waals surface area contributed by atoms with Crippen LogP contribution in [0, 0.1) is 0 Å². The number of halogens is 1. The summed E-state index contributed by atoms with van der Waals surface area (Å²) in [6, 6.07) is 0. The summed E-state index contributed by atoms with van der Waals surface area (Å²) in [5.41, 5.74) is 0. The van der Waals surface area contributed by atoms with Crippen molar-refractivity contribution >= 4 is 11.9 Å². The van der Waals surface area contributed by atoms with Gasteiger partial charge in [0.25, 0.3) is 0 Å². The first kappa shape index (κ1) is 43.3. The van der Waals surface area contributed by atoms with Crippen LogP contribution in [0.2, 0.25) is 0 Å². The molecule has 0 aromatic rings. The minimum atomic E-state index is -0.130. The van der Waals surface area contributed by atoms with Crippen molar-refractivity contribution in [2.75, 3.05) is 46.5 Å². The highest BCUT2D eigenvalue weighted by Crippen LogP contribution is 2.14. The maximum absolute atomic E-state index is 12.1. The molecule has 0 unspecified atom stereocenters. The van der Waals surface area contributed by atoms with Gasteiger partial charge >= 0.3 is 11.9 Å². The van der Waals surface area contributed by atoms with E-state index in [9.17, 15) is 14.7 Å². The molecule has 0 aromatic heterocycles. The van der Waals surface area contributed by atoms with Crippen molar-refractivity contribution in [1.29, 1.82) is 0 Å². The Hall–Kier alpha value is -0.850. The van der Waals surface area contributed by atoms with Gasteiger partial charge in [-0.25, -0.2) is 0 Å². The first-order chi connectivity index (χ1) is 20.0. The lowest BCUT2D eigenvalue weighted by Crippen LogP contribution is -3.00. The van der Waals surface area contributed by atoms with Crippen LogP contribution in [-0.2, 0) is 19.1 Å². The number of hydrogen-bond acceptors (Lipinski definition) is 5. The fourth-order valence-electron chi connectivity index (χ4n) is 5.35. The van der Waals surface area contributed by atoms with Gasteiger partial charge in [0.1, 0.15) is 32.8 Å². The molecule has 0 aromatic carbocycles. The Bertz CT molecular complexity index is 546. The molecule has 1 N–H and O–H groups in total. The molecule has 42 heavy (non-hydrogen) atoms. The Morgan fingerprint density at radius 1 is 0.500 bits per heavy atom. The van der Waals surface area contributed by atoms with Crippen LogP contribution in [0.5, 0.6) is 0 Å². The van der Waals surface area contributed by atoms with E-state index >= 15 is 0 Å². The molecule has 0 heterocycles. The van der Waals surface area contributed by atoms with E-state index in [-0.39, 0.29) is 31.0 Å². The fourth-order valence-corrected chi connectivity index (χ4v) is 5.35. The molecule has 252 valence electrons. The predicted molar refractivity (Wildman–Crippen MR) is 172 cm³/mol. The maximum Gasteiger partial charge on any atom is 0.305 e. The van der Waals surface area contributed by atoms with Crippen molar-refractivity contribution in [1.82, 2.24) is 0 Å². The number of carbonyl (C=O) groups is 2. The SMILES string of the molecule is CCCCCCCCCCCCCC(=O)OCC[N+](C)(CCO)CCOC(=O)CCCCCCCCCCCCC.[Cl-]. The van der Waals surface area contributed by atoms with Gasteiger partial charge in [-0.1, -0.05) is 142 Å². The van der Waals surface area contributed by atoms with Crippen LogP contribution >= 0.6 is 0 Å². The molecule has 0 saturated heterocycles. The van der Waals surface area contributed by atoms with Crippen LogP contribution < -0.4 is 12.4 Å². The van der Waals surface area contributed by atoms with Crippen molar-refractivity contribution in [3.63, 3.8) is 0 Å². The second-order valence-corrected chi connectivity index (χ2v) is 12.5. The summed E-state index contributed by atoms with van der Waals surface area (Å²) >= 11 is 0. The lowest BCUT2D eigenvalue weighted by atomic mass is 10.1. The molecular formula is C35H70ClNO5. The number of likely N-dealkylation sites (N-methyl/N-ethyl adjacent to an activating group) is 1. The molecule has 0 spiro atoms. The quantitative estimate of drug-likeness (QED) is 0.0575. The van der Waals surface area contributed by atoms with E-state index in [0.717, 1.165) is 25.7 Å². The van der Waals surface area contributed by atoms with Gasteiger partial charge in [0.15, 0.2) is 0 Å². The van der Waals surface area contributed by atoms with Gasteiger partial charge in [-0.3, -0.25) is 9.59 Å². The zero-order chi connectivity index (χ0) is 30.3. The molecule has 0 radical (unpaired) electrons. The predicted octanol–water partition coefficient (Wildman–Crippen LogP) is 5.92.